The molecule has 1 aromatic heterocycles. The molecule has 25 heavy (non-hydrogen) atoms. The summed E-state index contributed by atoms with van der Waals surface area (Å²) in [6.45, 7) is -0.488. The van der Waals surface area contributed by atoms with Gasteiger partial charge in [-0.25, -0.2) is 4.98 Å². The Kier molecular flexibility index (Phi) is 4.69. The van der Waals surface area contributed by atoms with Gasteiger partial charge in [-0.15, -0.1) is 0 Å². The van der Waals surface area contributed by atoms with Crippen LogP contribution in [0.1, 0.15) is 16.8 Å². The van der Waals surface area contributed by atoms with Crippen LogP contribution >= 0.6 is 0 Å². The standard InChI is InChI=1S/C17H18FN3O4/c1-24-14-6-11-9(4-12(14)16(19)23)2-3-20-17(11)25-8-13-10(7-18)5-15(22)21-13/h2-4,6,10,13H,5,7-8H2,1H3,(H2,19,23)(H,21,22). The molecule has 3 N–H and O–H groups in total. The van der Waals surface area contributed by atoms with E-state index in [2.05, 4.69) is 10.3 Å². The zero-order valence-electron chi connectivity index (χ0n) is 13.6. The molecule has 0 bridgehead atoms. The van der Waals surface area contributed by atoms with Crippen LogP contribution in [0.5, 0.6) is 11.6 Å². The smallest absolute Gasteiger partial charge is 0.252 e. The highest BCUT2D eigenvalue weighted by atomic mass is 19.1. The first-order chi connectivity index (χ1) is 12.0. The minimum atomic E-state index is -0.600. The molecule has 132 valence electrons. The van der Waals surface area contributed by atoms with Gasteiger partial charge in [-0.2, -0.15) is 0 Å². The molecule has 2 heterocycles. The molecule has 2 amide bonds. The number of rotatable bonds is 6. The van der Waals surface area contributed by atoms with E-state index in [9.17, 15) is 14.0 Å². The van der Waals surface area contributed by atoms with Crippen molar-refractivity contribution in [2.45, 2.75) is 12.5 Å². The lowest BCUT2D eigenvalue weighted by Gasteiger charge is -2.17. The van der Waals surface area contributed by atoms with Gasteiger partial charge in [-0.05, 0) is 23.6 Å². The SMILES string of the molecule is COc1cc2c(OCC3NC(=O)CC3CF)nccc2cc1C(N)=O. The van der Waals surface area contributed by atoms with Crippen molar-refractivity contribution in [1.29, 1.82) is 0 Å². The minimum absolute atomic E-state index is 0.103. The first-order valence-corrected chi connectivity index (χ1v) is 7.78. The molecule has 0 radical (unpaired) electrons. The summed E-state index contributed by atoms with van der Waals surface area (Å²) in [5.74, 6) is -0.565. The molecule has 2 atom stereocenters. The molecule has 2 unspecified atom stereocenters. The predicted octanol–water partition coefficient (Wildman–Crippen LogP) is 1.20. The average molecular weight is 347 g/mol. The Labute approximate surface area is 143 Å². The van der Waals surface area contributed by atoms with Crippen molar-refractivity contribution in [1.82, 2.24) is 10.3 Å². The van der Waals surface area contributed by atoms with Gasteiger partial charge in [0.2, 0.25) is 11.8 Å². The number of amides is 2. The molecule has 1 saturated heterocycles. The topological polar surface area (TPSA) is 104 Å². The highest BCUT2D eigenvalue weighted by molar-refractivity contribution is 6.01. The van der Waals surface area contributed by atoms with E-state index >= 15 is 0 Å². The zero-order chi connectivity index (χ0) is 18.0. The van der Waals surface area contributed by atoms with Crippen molar-refractivity contribution >= 4 is 22.6 Å². The van der Waals surface area contributed by atoms with E-state index in [1.165, 1.54) is 13.3 Å². The third-order valence-corrected chi connectivity index (χ3v) is 4.27. The number of alkyl halides is 1. The van der Waals surface area contributed by atoms with Crippen LogP contribution in [0.3, 0.4) is 0 Å². The van der Waals surface area contributed by atoms with E-state index in [4.69, 9.17) is 15.2 Å². The van der Waals surface area contributed by atoms with Gasteiger partial charge < -0.3 is 20.5 Å². The fraction of sp³-hybridized carbons (Fsp3) is 0.353. The van der Waals surface area contributed by atoms with Crippen LogP contribution in [0.2, 0.25) is 0 Å². The van der Waals surface area contributed by atoms with Crippen molar-refractivity contribution in [2.75, 3.05) is 20.4 Å². The van der Waals surface area contributed by atoms with Crippen LogP contribution in [0.25, 0.3) is 10.8 Å². The van der Waals surface area contributed by atoms with Gasteiger partial charge in [0, 0.05) is 23.9 Å². The number of aromatic nitrogens is 1. The van der Waals surface area contributed by atoms with E-state index in [1.807, 2.05) is 0 Å². The van der Waals surface area contributed by atoms with E-state index in [-0.39, 0.29) is 24.5 Å². The van der Waals surface area contributed by atoms with Gasteiger partial charge in [0.25, 0.3) is 5.91 Å². The first kappa shape index (κ1) is 16.9. The zero-order valence-corrected chi connectivity index (χ0v) is 13.6. The number of nitrogens with one attached hydrogen (secondary N) is 1. The number of nitrogens with zero attached hydrogens (tertiary/aromatic N) is 1. The third kappa shape index (κ3) is 3.33. The highest BCUT2D eigenvalue weighted by Gasteiger charge is 2.33. The Morgan fingerprint density at radius 2 is 2.28 bits per heavy atom. The second kappa shape index (κ2) is 6.92. The van der Waals surface area contributed by atoms with Crippen molar-refractivity contribution < 1.29 is 23.5 Å². The molecule has 0 spiro atoms. The molecule has 3 rings (SSSR count). The quantitative estimate of drug-likeness (QED) is 0.817. The van der Waals surface area contributed by atoms with Crippen molar-refractivity contribution in [3.63, 3.8) is 0 Å². The summed E-state index contributed by atoms with van der Waals surface area (Å²) in [6.07, 6.45) is 1.69. The molecular formula is C17H18FN3O4. The van der Waals surface area contributed by atoms with Gasteiger partial charge in [0.1, 0.15) is 12.4 Å². The number of nitrogens with two attached hydrogens (primary N) is 1. The molecular weight excluding hydrogens is 329 g/mol. The number of methoxy groups -OCH3 is 1. The first-order valence-electron chi connectivity index (χ1n) is 7.78. The van der Waals surface area contributed by atoms with Crippen LogP contribution in [0.4, 0.5) is 4.39 Å². The van der Waals surface area contributed by atoms with Crippen LogP contribution in [0, 0.1) is 5.92 Å². The summed E-state index contributed by atoms with van der Waals surface area (Å²) in [5, 5.41) is 4.04. The van der Waals surface area contributed by atoms with Crippen molar-refractivity contribution in [3.8, 4) is 11.6 Å². The highest BCUT2D eigenvalue weighted by Crippen LogP contribution is 2.31. The molecule has 7 nitrogen and oxygen atoms in total. The van der Waals surface area contributed by atoms with Gasteiger partial charge >= 0.3 is 0 Å². The number of hydrogen-bond acceptors (Lipinski definition) is 5. The maximum Gasteiger partial charge on any atom is 0.252 e. The molecule has 8 heteroatoms. The number of carbonyl (C=O) groups is 2. The van der Waals surface area contributed by atoms with Crippen LogP contribution < -0.4 is 20.5 Å². The van der Waals surface area contributed by atoms with E-state index in [0.29, 0.717) is 22.4 Å². The molecule has 0 saturated carbocycles. The van der Waals surface area contributed by atoms with Gasteiger partial charge in [0.05, 0.1) is 25.4 Å². The third-order valence-electron chi connectivity index (χ3n) is 4.27. The fourth-order valence-electron chi connectivity index (χ4n) is 2.92. The monoisotopic (exact) mass is 347 g/mol. The Balaban J connectivity index is 1.89. The van der Waals surface area contributed by atoms with Gasteiger partial charge in [-0.1, -0.05) is 0 Å². The van der Waals surface area contributed by atoms with Crippen LogP contribution in [-0.4, -0.2) is 43.2 Å². The molecule has 1 aliphatic heterocycles. The summed E-state index contributed by atoms with van der Waals surface area (Å²) in [4.78, 5) is 27.1. The Hall–Kier alpha value is -2.90. The minimum Gasteiger partial charge on any atom is -0.496 e. The van der Waals surface area contributed by atoms with Crippen LogP contribution in [-0.2, 0) is 4.79 Å². The average Bonchev–Trinajstić information content (AvgIpc) is 2.98. The molecule has 1 fully saturated rings. The van der Waals surface area contributed by atoms with E-state index in [0.717, 1.165) is 0 Å². The number of hydrogen-bond donors (Lipinski definition) is 2. The summed E-state index contributed by atoms with van der Waals surface area (Å²) in [6, 6.07) is 4.54. The predicted molar refractivity (Wildman–Crippen MR) is 88.3 cm³/mol. The van der Waals surface area contributed by atoms with Gasteiger partial charge in [-0.3, -0.25) is 14.0 Å². The van der Waals surface area contributed by atoms with Crippen LogP contribution in [0.15, 0.2) is 24.4 Å². The Bertz CT molecular complexity index is 827. The number of pyridine rings is 1. The summed E-state index contributed by atoms with van der Waals surface area (Å²) < 4.78 is 23.9. The number of benzene rings is 1. The lowest BCUT2D eigenvalue weighted by Crippen LogP contribution is -2.35. The lowest BCUT2D eigenvalue weighted by molar-refractivity contribution is -0.119. The molecule has 2 aromatic rings. The Morgan fingerprint density at radius 1 is 1.48 bits per heavy atom. The number of halogens is 1. The second-order valence-electron chi connectivity index (χ2n) is 5.86. The second-order valence-corrected chi connectivity index (χ2v) is 5.86. The molecule has 0 aliphatic carbocycles. The number of carbonyl (C=O) groups excluding carboxylic acids is 2. The van der Waals surface area contributed by atoms with E-state index in [1.54, 1.807) is 18.2 Å². The fourth-order valence-corrected chi connectivity index (χ4v) is 2.92. The molecule has 1 aromatic carbocycles. The van der Waals surface area contributed by atoms with E-state index < -0.39 is 24.5 Å². The summed E-state index contributed by atoms with van der Waals surface area (Å²) >= 11 is 0. The number of ether oxygens (including phenoxy) is 2. The normalized spacial score (nSPS) is 19.7. The van der Waals surface area contributed by atoms with Crippen molar-refractivity contribution in [3.05, 3.63) is 30.0 Å². The number of primary amides is 1. The maximum absolute atomic E-state index is 13.0. The largest absolute Gasteiger partial charge is 0.496 e. The summed E-state index contributed by atoms with van der Waals surface area (Å²) in [5.41, 5.74) is 5.62. The number of fused-ring (bicyclic) bond motifs is 1. The lowest BCUT2D eigenvalue weighted by atomic mass is 10.0. The molecule has 1 aliphatic rings. The Morgan fingerprint density at radius 3 is 2.96 bits per heavy atom. The summed E-state index contributed by atoms with van der Waals surface area (Å²) in [7, 11) is 1.43. The van der Waals surface area contributed by atoms with Gasteiger partial charge in [0.15, 0.2) is 0 Å². The maximum atomic E-state index is 13.0. The van der Waals surface area contributed by atoms with Crippen molar-refractivity contribution in [2.24, 2.45) is 11.7 Å².